The lowest BCUT2D eigenvalue weighted by atomic mass is 10.2. The quantitative estimate of drug-likeness (QED) is 0.401. The summed E-state index contributed by atoms with van der Waals surface area (Å²) in [6, 6.07) is 1.63. The van der Waals surface area contributed by atoms with Gasteiger partial charge in [-0.2, -0.15) is 0 Å². The standard InChI is InChI=1S/C12H18N4O4/c1-19-12(18)14-8-2-4-16(6-8)7-10-9(3-5-20-10)11(17)15-13/h3,5,8H,2,4,6-7,13H2,1H3,(H,14,18)(H,15,17). The van der Waals surface area contributed by atoms with E-state index in [1.807, 2.05) is 0 Å². The van der Waals surface area contributed by atoms with Crippen molar-refractivity contribution in [2.24, 2.45) is 5.84 Å². The predicted molar refractivity (Wildman–Crippen MR) is 69.6 cm³/mol. The number of amides is 2. The molecule has 0 spiro atoms. The van der Waals surface area contributed by atoms with E-state index >= 15 is 0 Å². The lowest BCUT2D eigenvalue weighted by molar-refractivity contribution is 0.0950. The second kappa shape index (κ2) is 6.40. The molecule has 1 aliphatic heterocycles. The van der Waals surface area contributed by atoms with Gasteiger partial charge in [-0.15, -0.1) is 0 Å². The second-order valence-corrected chi connectivity index (χ2v) is 4.59. The molecule has 2 amide bonds. The summed E-state index contributed by atoms with van der Waals surface area (Å²) in [6.45, 7) is 1.98. The highest BCUT2D eigenvalue weighted by Crippen LogP contribution is 2.17. The Hall–Kier alpha value is -2.06. The number of hydrogen-bond acceptors (Lipinski definition) is 6. The maximum atomic E-state index is 11.5. The van der Waals surface area contributed by atoms with Gasteiger partial charge < -0.3 is 14.5 Å². The molecule has 1 unspecified atom stereocenters. The highest BCUT2D eigenvalue weighted by Gasteiger charge is 2.26. The first-order chi connectivity index (χ1) is 9.63. The number of rotatable bonds is 4. The minimum atomic E-state index is -0.432. The van der Waals surface area contributed by atoms with Crippen molar-refractivity contribution in [2.75, 3.05) is 20.2 Å². The largest absolute Gasteiger partial charge is 0.467 e. The maximum absolute atomic E-state index is 11.5. The van der Waals surface area contributed by atoms with Gasteiger partial charge in [-0.3, -0.25) is 15.1 Å². The molecule has 0 bridgehead atoms. The molecular weight excluding hydrogens is 264 g/mol. The van der Waals surface area contributed by atoms with E-state index in [0.717, 1.165) is 13.0 Å². The van der Waals surface area contributed by atoms with E-state index in [1.165, 1.54) is 13.4 Å². The molecule has 1 aromatic rings. The number of nitrogen functional groups attached to an aromatic ring is 1. The van der Waals surface area contributed by atoms with Crippen LogP contribution in [0.25, 0.3) is 0 Å². The van der Waals surface area contributed by atoms with E-state index < -0.39 is 6.09 Å². The molecule has 0 aromatic carbocycles. The summed E-state index contributed by atoms with van der Waals surface area (Å²) in [4.78, 5) is 24.8. The molecule has 0 radical (unpaired) electrons. The van der Waals surface area contributed by atoms with Crippen molar-refractivity contribution in [1.82, 2.24) is 15.6 Å². The summed E-state index contributed by atoms with van der Waals surface area (Å²) in [5, 5.41) is 2.75. The first-order valence-electron chi connectivity index (χ1n) is 6.28. The Morgan fingerprint density at radius 1 is 1.60 bits per heavy atom. The number of carbonyl (C=O) groups is 2. The van der Waals surface area contributed by atoms with Crippen LogP contribution in [0.2, 0.25) is 0 Å². The summed E-state index contributed by atoms with van der Waals surface area (Å²) in [5.74, 6) is 5.30. The zero-order chi connectivity index (χ0) is 14.5. The number of hydrazine groups is 1. The van der Waals surface area contributed by atoms with Crippen LogP contribution in [0.4, 0.5) is 4.79 Å². The zero-order valence-electron chi connectivity index (χ0n) is 11.2. The molecule has 1 atom stereocenters. The molecular formula is C12H18N4O4. The highest BCUT2D eigenvalue weighted by molar-refractivity contribution is 5.94. The number of hydrogen-bond donors (Lipinski definition) is 3. The van der Waals surface area contributed by atoms with Crippen molar-refractivity contribution in [1.29, 1.82) is 0 Å². The molecule has 1 aromatic heterocycles. The molecule has 4 N–H and O–H groups in total. The smallest absolute Gasteiger partial charge is 0.407 e. The third-order valence-electron chi connectivity index (χ3n) is 3.27. The van der Waals surface area contributed by atoms with Gasteiger partial charge in [-0.1, -0.05) is 0 Å². The van der Waals surface area contributed by atoms with Crippen molar-refractivity contribution < 1.29 is 18.7 Å². The Morgan fingerprint density at radius 3 is 3.10 bits per heavy atom. The summed E-state index contributed by atoms with van der Waals surface area (Å²) in [7, 11) is 1.34. The lowest BCUT2D eigenvalue weighted by Gasteiger charge is -2.15. The average molecular weight is 282 g/mol. The SMILES string of the molecule is COC(=O)NC1CCN(Cc2occc2C(=O)NN)C1. The molecule has 110 valence electrons. The Bertz CT molecular complexity index is 488. The van der Waals surface area contributed by atoms with Crippen LogP contribution >= 0.6 is 0 Å². The number of furan rings is 1. The average Bonchev–Trinajstić information content (AvgIpc) is 3.08. The van der Waals surface area contributed by atoms with E-state index in [1.54, 1.807) is 6.07 Å². The van der Waals surface area contributed by atoms with E-state index in [-0.39, 0.29) is 11.9 Å². The molecule has 20 heavy (non-hydrogen) atoms. The Kier molecular flexibility index (Phi) is 4.59. The van der Waals surface area contributed by atoms with Gasteiger partial charge in [0.1, 0.15) is 5.76 Å². The van der Waals surface area contributed by atoms with Crippen LogP contribution in [0, 0.1) is 0 Å². The van der Waals surface area contributed by atoms with Crippen LogP contribution in [-0.4, -0.2) is 43.1 Å². The third kappa shape index (κ3) is 3.28. The first kappa shape index (κ1) is 14.4. The lowest BCUT2D eigenvalue weighted by Crippen LogP contribution is -2.37. The van der Waals surface area contributed by atoms with Gasteiger partial charge in [0.2, 0.25) is 0 Å². The molecule has 0 saturated carbocycles. The highest BCUT2D eigenvalue weighted by atomic mass is 16.5. The molecule has 8 heteroatoms. The van der Waals surface area contributed by atoms with E-state index in [2.05, 4.69) is 20.4 Å². The van der Waals surface area contributed by atoms with Crippen molar-refractivity contribution in [2.45, 2.75) is 19.0 Å². The van der Waals surface area contributed by atoms with Crippen molar-refractivity contribution in [3.8, 4) is 0 Å². The molecule has 1 saturated heterocycles. The van der Waals surface area contributed by atoms with Gasteiger partial charge in [0, 0.05) is 19.1 Å². The van der Waals surface area contributed by atoms with Crippen LogP contribution in [-0.2, 0) is 11.3 Å². The van der Waals surface area contributed by atoms with Crippen LogP contribution in [0.5, 0.6) is 0 Å². The molecule has 8 nitrogen and oxygen atoms in total. The fourth-order valence-corrected chi connectivity index (χ4v) is 2.27. The van der Waals surface area contributed by atoms with E-state index in [0.29, 0.717) is 24.4 Å². The van der Waals surface area contributed by atoms with Crippen molar-refractivity contribution >= 4 is 12.0 Å². The maximum Gasteiger partial charge on any atom is 0.407 e. The minimum absolute atomic E-state index is 0.0456. The fraction of sp³-hybridized carbons (Fsp3) is 0.500. The summed E-state index contributed by atoms with van der Waals surface area (Å²) >= 11 is 0. The summed E-state index contributed by atoms with van der Waals surface area (Å²) in [5.41, 5.74) is 2.51. The summed E-state index contributed by atoms with van der Waals surface area (Å²) < 4.78 is 9.88. The fourth-order valence-electron chi connectivity index (χ4n) is 2.27. The summed E-state index contributed by atoms with van der Waals surface area (Å²) in [6.07, 6.45) is 1.85. The van der Waals surface area contributed by atoms with Crippen LogP contribution in [0.15, 0.2) is 16.7 Å². The minimum Gasteiger partial charge on any atom is -0.467 e. The van der Waals surface area contributed by atoms with Crippen LogP contribution < -0.4 is 16.6 Å². The van der Waals surface area contributed by atoms with Gasteiger partial charge in [0.15, 0.2) is 0 Å². The molecule has 1 fully saturated rings. The van der Waals surface area contributed by atoms with Gasteiger partial charge in [0.25, 0.3) is 5.91 Å². The number of methoxy groups -OCH3 is 1. The van der Waals surface area contributed by atoms with Gasteiger partial charge in [-0.05, 0) is 12.5 Å². The number of nitrogens with one attached hydrogen (secondary N) is 2. The van der Waals surface area contributed by atoms with Crippen molar-refractivity contribution in [3.05, 3.63) is 23.7 Å². The Balaban J connectivity index is 1.91. The van der Waals surface area contributed by atoms with Gasteiger partial charge in [0.05, 0.1) is 25.5 Å². The molecule has 2 rings (SSSR count). The van der Waals surface area contributed by atoms with Crippen LogP contribution in [0.3, 0.4) is 0 Å². The number of nitrogens with two attached hydrogens (primary N) is 1. The van der Waals surface area contributed by atoms with E-state index in [9.17, 15) is 9.59 Å². The number of carbonyl (C=O) groups excluding carboxylic acids is 2. The van der Waals surface area contributed by atoms with Gasteiger partial charge >= 0.3 is 6.09 Å². The molecule has 2 heterocycles. The van der Waals surface area contributed by atoms with Crippen LogP contribution in [0.1, 0.15) is 22.5 Å². The molecule has 1 aliphatic rings. The predicted octanol–water partition coefficient (Wildman–Crippen LogP) is -0.187. The van der Waals surface area contributed by atoms with Crippen molar-refractivity contribution in [3.63, 3.8) is 0 Å². The number of ether oxygens (including phenoxy) is 1. The Labute approximate surface area is 116 Å². The Morgan fingerprint density at radius 2 is 2.40 bits per heavy atom. The normalized spacial score (nSPS) is 18.8. The van der Waals surface area contributed by atoms with Gasteiger partial charge in [-0.25, -0.2) is 10.6 Å². The second-order valence-electron chi connectivity index (χ2n) is 4.59. The number of nitrogens with zero attached hydrogens (tertiary/aromatic N) is 1. The van der Waals surface area contributed by atoms with E-state index in [4.69, 9.17) is 10.3 Å². The number of alkyl carbamates (subject to hydrolysis) is 1. The first-order valence-corrected chi connectivity index (χ1v) is 6.28. The third-order valence-corrected chi connectivity index (χ3v) is 3.27. The zero-order valence-corrected chi connectivity index (χ0v) is 11.2. The topological polar surface area (TPSA) is 110 Å². The number of likely N-dealkylation sites (tertiary alicyclic amines) is 1. The monoisotopic (exact) mass is 282 g/mol. The molecule has 0 aliphatic carbocycles.